The fourth-order valence-electron chi connectivity index (χ4n) is 2.22. The lowest BCUT2D eigenvalue weighted by molar-refractivity contribution is -0.130. The van der Waals surface area contributed by atoms with E-state index in [9.17, 15) is 4.79 Å². The van der Waals surface area contributed by atoms with Crippen LogP contribution in [0.3, 0.4) is 0 Å². The number of carbonyl (C=O) groups is 1. The molecule has 1 rings (SSSR count). The highest BCUT2D eigenvalue weighted by atomic mass is 16.2. The molecular weight excluding hydrogens is 202 g/mol. The molecule has 94 valence electrons. The second-order valence-corrected chi connectivity index (χ2v) is 5.00. The first-order chi connectivity index (χ1) is 7.54. The van der Waals surface area contributed by atoms with E-state index in [-0.39, 0.29) is 5.91 Å². The maximum Gasteiger partial charge on any atom is 0.236 e. The van der Waals surface area contributed by atoms with Gasteiger partial charge in [-0.2, -0.15) is 0 Å². The summed E-state index contributed by atoms with van der Waals surface area (Å²) in [5.41, 5.74) is 0. The number of piperidine rings is 1. The monoisotopic (exact) mass is 227 g/mol. The van der Waals surface area contributed by atoms with Gasteiger partial charge in [-0.3, -0.25) is 9.69 Å². The average molecular weight is 227 g/mol. The van der Waals surface area contributed by atoms with Crippen molar-refractivity contribution in [3.63, 3.8) is 0 Å². The third kappa shape index (κ3) is 3.76. The minimum Gasteiger partial charge on any atom is -0.348 e. The van der Waals surface area contributed by atoms with E-state index in [1.807, 2.05) is 14.1 Å². The summed E-state index contributed by atoms with van der Waals surface area (Å²) in [5.74, 6) is 0.905. The summed E-state index contributed by atoms with van der Waals surface area (Å²) in [6, 6.07) is 0.512. The van der Waals surface area contributed by atoms with Crippen molar-refractivity contribution in [1.82, 2.24) is 15.1 Å². The summed E-state index contributed by atoms with van der Waals surface area (Å²) in [6.07, 6.45) is 1.20. The molecule has 0 saturated carbocycles. The molecular formula is C12H25N3O. The number of amides is 1. The third-order valence-electron chi connectivity index (χ3n) is 3.31. The van der Waals surface area contributed by atoms with Gasteiger partial charge in [-0.15, -0.1) is 0 Å². The molecule has 0 aliphatic carbocycles. The molecule has 4 heteroatoms. The van der Waals surface area contributed by atoms with E-state index in [0.29, 0.717) is 18.5 Å². The Balaban J connectivity index is 2.49. The first kappa shape index (κ1) is 13.5. The summed E-state index contributed by atoms with van der Waals surface area (Å²) in [5, 5.41) is 3.44. The Morgan fingerprint density at radius 2 is 2.06 bits per heavy atom. The summed E-state index contributed by atoms with van der Waals surface area (Å²) in [4.78, 5) is 15.7. The molecule has 0 spiro atoms. The molecule has 1 saturated heterocycles. The molecule has 2 atom stereocenters. The van der Waals surface area contributed by atoms with Crippen molar-refractivity contribution in [2.24, 2.45) is 5.92 Å². The molecule has 4 nitrogen and oxygen atoms in total. The van der Waals surface area contributed by atoms with Gasteiger partial charge in [0.25, 0.3) is 0 Å². The molecule has 1 amide bonds. The van der Waals surface area contributed by atoms with Gasteiger partial charge < -0.3 is 10.2 Å². The molecule has 2 unspecified atom stereocenters. The molecule has 1 N–H and O–H groups in total. The highest BCUT2D eigenvalue weighted by Gasteiger charge is 2.25. The van der Waals surface area contributed by atoms with Crippen LogP contribution in [0, 0.1) is 5.92 Å². The number of nitrogens with one attached hydrogen (secondary N) is 1. The van der Waals surface area contributed by atoms with Crippen LogP contribution in [0.4, 0.5) is 0 Å². The number of likely N-dealkylation sites (N-methyl/N-ethyl adjacent to an activating group) is 2. The Morgan fingerprint density at radius 1 is 1.38 bits per heavy atom. The fourth-order valence-corrected chi connectivity index (χ4v) is 2.22. The molecule has 0 radical (unpaired) electrons. The smallest absolute Gasteiger partial charge is 0.236 e. The second kappa shape index (κ2) is 6.21. The van der Waals surface area contributed by atoms with Crippen molar-refractivity contribution in [3.05, 3.63) is 0 Å². The zero-order valence-corrected chi connectivity index (χ0v) is 11.0. The number of hydrogen-bond acceptors (Lipinski definition) is 3. The predicted molar refractivity (Wildman–Crippen MR) is 66.4 cm³/mol. The first-order valence-electron chi connectivity index (χ1n) is 6.19. The van der Waals surface area contributed by atoms with Crippen LogP contribution in [0.1, 0.15) is 20.3 Å². The van der Waals surface area contributed by atoms with Gasteiger partial charge in [-0.25, -0.2) is 0 Å². The molecule has 1 heterocycles. The van der Waals surface area contributed by atoms with Crippen LogP contribution in [-0.4, -0.2) is 62.0 Å². The average Bonchev–Trinajstić information content (AvgIpc) is 2.25. The lowest BCUT2D eigenvalue weighted by Gasteiger charge is -2.36. The van der Waals surface area contributed by atoms with Crippen molar-refractivity contribution in [3.8, 4) is 0 Å². The number of carbonyl (C=O) groups excluding carboxylic acids is 1. The van der Waals surface area contributed by atoms with Gasteiger partial charge in [0, 0.05) is 26.7 Å². The SMILES string of the molecule is CCN(CC(=O)N(C)C)C1CNCC(C)C1. The largest absolute Gasteiger partial charge is 0.348 e. The van der Waals surface area contributed by atoms with Crippen LogP contribution in [0.2, 0.25) is 0 Å². The van der Waals surface area contributed by atoms with Crippen molar-refractivity contribution in [1.29, 1.82) is 0 Å². The lowest BCUT2D eigenvalue weighted by atomic mass is 9.96. The Bertz CT molecular complexity index is 230. The van der Waals surface area contributed by atoms with Gasteiger partial charge >= 0.3 is 0 Å². The molecule has 16 heavy (non-hydrogen) atoms. The minimum absolute atomic E-state index is 0.195. The van der Waals surface area contributed by atoms with E-state index < -0.39 is 0 Å². The Morgan fingerprint density at radius 3 is 2.56 bits per heavy atom. The molecule has 0 aromatic rings. The number of hydrogen-bond donors (Lipinski definition) is 1. The van der Waals surface area contributed by atoms with E-state index in [4.69, 9.17) is 0 Å². The Hall–Kier alpha value is -0.610. The third-order valence-corrected chi connectivity index (χ3v) is 3.31. The van der Waals surface area contributed by atoms with Gasteiger partial charge in [0.2, 0.25) is 5.91 Å². The van der Waals surface area contributed by atoms with Gasteiger partial charge in [0.1, 0.15) is 0 Å². The Labute approximate surface area is 99.0 Å². The van der Waals surface area contributed by atoms with E-state index in [1.165, 1.54) is 6.42 Å². The van der Waals surface area contributed by atoms with Gasteiger partial charge in [-0.1, -0.05) is 13.8 Å². The van der Waals surface area contributed by atoms with Crippen molar-refractivity contribution in [2.45, 2.75) is 26.3 Å². The number of nitrogens with zero attached hydrogens (tertiary/aromatic N) is 2. The lowest BCUT2D eigenvalue weighted by Crippen LogP contribution is -2.51. The fraction of sp³-hybridized carbons (Fsp3) is 0.917. The molecule has 0 aromatic heterocycles. The zero-order valence-electron chi connectivity index (χ0n) is 11.0. The van der Waals surface area contributed by atoms with Gasteiger partial charge in [-0.05, 0) is 25.4 Å². The Kier molecular flexibility index (Phi) is 5.22. The van der Waals surface area contributed by atoms with Crippen LogP contribution in [0.15, 0.2) is 0 Å². The second-order valence-electron chi connectivity index (χ2n) is 5.00. The maximum atomic E-state index is 11.7. The highest BCUT2D eigenvalue weighted by Crippen LogP contribution is 2.15. The molecule has 1 aliphatic heterocycles. The minimum atomic E-state index is 0.195. The number of rotatable bonds is 4. The van der Waals surface area contributed by atoms with Crippen LogP contribution in [-0.2, 0) is 4.79 Å². The van der Waals surface area contributed by atoms with Crippen molar-refractivity contribution in [2.75, 3.05) is 40.3 Å². The van der Waals surface area contributed by atoms with Crippen molar-refractivity contribution < 1.29 is 4.79 Å². The van der Waals surface area contributed by atoms with Crippen molar-refractivity contribution >= 4 is 5.91 Å². The molecule has 1 aliphatic rings. The molecule has 1 fully saturated rings. The highest BCUT2D eigenvalue weighted by molar-refractivity contribution is 5.77. The summed E-state index contributed by atoms with van der Waals surface area (Å²) in [7, 11) is 3.63. The summed E-state index contributed by atoms with van der Waals surface area (Å²) in [6.45, 7) is 8.00. The van der Waals surface area contributed by atoms with Crippen LogP contribution in [0.5, 0.6) is 0 Å². The normalized spacial score (nSPS) is 25.8. The van der Waals surface area contributed by atoms with Crippen LogP contribution >= 0.6 is 0 Å². The van der Waals surface area contributed by atoms with Crippen LogP contribution < -0.4 is 5.32 Å². The molecule has 0 bridgehead atoms. The topological polar surface area (TPSA) is 35.6 Å². The van der Waals surface area contributed by atoms with Gasteiger partial charge in [0.15, 0.2) is 0 Å². The summed E-state index contributed by atoms with van der Waals surface area (Å²) >= 11 is 0. The summed E-state index contributed by atoms with van der Waals surface area (Å²) < 4.78 is 0. The first-order valence-corrected chi connectivity index (χ1v) is 6.19. The quantitative estimate of drug-likeness (QED) is 0.755. The van der Waals surface area contributed by atoms with E-state index >= 15 is 0 Å². The predicted octanol–water partition coefficient (Wildman–Crippen LogP) is 0.395. The van der Waals surface area contributed by atoms with E-state index in [1.54, 1.807) is 4.90 Å². The van der Waals surface area contributed by atoms with Crippen LogP contribution in [0.25, 0.3) is 0 Å². The zero-order chi connectivity index (χ0) is 12.1. The standard InChI is InChI=1S/C12H25N3O/c1-5-15(9-12(16)14(3)4)11-6-10(2)7-13-8-11/h10-11,13H,5-9H2,1-4H3. The van der Waals surface area contributed by atoms with E-state index in [2.05, 4.69) is 24.1 Å². The maximum absolute atomic E-state index is 11.7. The molecule has 0 aromatic carbocycles. The van der Waals surface area contributed by atoms with Gasteiger partial charge in [0.05, 0.1) is 6.54 Å². The van der Waals surface area contributed by atoms with E-state index in [0.717, 1.165) is 19.6 Å².